The number of halogens is 2. The van der Waals surface area contributed by atoms with Crippen molar-refractivity contribution in [2.45, 2.75) is 0 Å². The maximum atomic E-state index is 5.72. The van der Waals surface area contributed by atoms with E-state index in [0.717, 1.165) is 31.2 Å². The van der Waals surface area contributed by atoms with Gasteiger partial charge in [0.1, 0.15) is 0 Å². The molecule has 8 heteroatoms. The number of hydrogen-bond acceptors (Lipinski definition) is 6. The standard InChI is InChI=1S/C26H16Br2N4O2/c27-21-11-7-19(8-12-21)25-31-29-23(33-25)15-5-17-1-2-18(4-3-17)6-16-24-30-32-26(34-24)20-9-13-22(28)14-10-20/h1-16H/b15-5+,16-6+. The lowest BCUT2D eigenvalue weighted by Crippen LogP contribution is -1.77. The fraction of sp³-hybridized carbons (Fsp3) is 0. The largest absolute Gasteiger partial charge is 0.417 e. The quantitative estimate of drug-likeness (QED) is 0.207. The molecule has 5 rings (SSSR count). The van der Waals surface area contributed by atoms with Crippen LogP contribution in [0.1, 0.15) is 22.9 Å². The van der Waals surface area contributed by atoms with Gasteiger partial charge in [-0.2, -0.15) is 0 Å². The average molecular weight is 576 g/mol. The topological polar surface area (TPSA) is 77.8 Å². The van der Waals surface area contributed by atoms with Gasteiger partial charge >= 0.3 is 0 Å². The smallest absolute Gasteiger partial charge is 0.248 e. The van der Waals surface area contributed by atoms with E-state index in [2.05, 4.69) is 52.3 Å². The zero-order valence-corrected chi connectivity index (χ0v) is 20.8. The summed E-state index contributed by atoms with van der Waals surface area (Å²) in [5.41, 5.74) is 3.76. The second-order valence-electron chi connectivity index (χ2n) is 7.24. The highest BCUT2D eigenvalue weighted by Gasteiger charge is 2.07. The van der Waals surface area contributed by atoms with Gasteiger partial charge in [-0.3, -0.25) is 0 Å². The summed E-state index contributed by atoms with van der Waals surface area (Å²) in [6.07, 6.45) is 7.44. The fourth-order valence-electron chi connectivity index (χ4n) is 3.08. The van der Waals surface area contributed by atoms with Crippen LogP contribution in [0.15, 0.2) is 90.6 Å². The fourth-order valence-corrected chi connectivity index (χ4v) is 3.60. The maximum Gasteiger partial charge on any atom is 0.248 e. The monoisotopic (exact) mass is 574 g/mol. The number of rotatable bonds is 6. The van der Waals surface area contributed by atoms with E-state index in [9.17, 15) is 0 Å². The molecule has 0 saturated carbocycles. The molecule has 0 radical (unpaired) electrons. The van der Waals surface area contributed by atoms with Crippen LogP contribution in [0.5, 0.6) is 0 Å². The lowest BCUT2D eigenvalue weighted by Gasteiger charge is -1.96. The van der Waals surface area contributed by atoms with Crippen molar-refractivity contribution in [3.63, 3.8) is 0 Å². The van der Waals surface area contributed by atoms with E-state index in [-0.39, 0.29) is 0 Å². The molecule has 0 aliphatic rings. The summed E-state index contributed by atoms with van der Waals surface area (Å²) in [6.45, 7) is 0. The molecule has 0 aliphatic heterocycles. The Balaban J connectivity index is 1.22. The molecule has 0 spiro atoms. The Bertz CT molecular complexity index is 1340. The first kappa shape index (κ1) is 22.2. The highest BCUT2D eigenvalue weighted by molar-refractivity contribution is 9.10. The molecule has 0 aliphatic carbocycles. The molecule has 0 unspecified atom stereocenters. The molecule has 34 heavy (non-hydrogen) atoms. The van der Waals surface area contributed by atoms with E-state index in [1.165, 1.54) is 0 Å². The van der Waals surface area contributed by atoms with Crippen LogP contribution in [0, 0.1) is 0 Å². The summed E-state index contributed by atoms with van der Waals surface area (Å²) in [5, 5.41) is 16.4. The van der Waals surface area contributed by atoms with Crippen LogP contribution in [-0.2, 0) is 0 Å². The van der Waals surface area contributed by atoms with Gasteiger partial charge in [0.05, 0.1) is 0 Å². The summed E-state index contributed by atoms with van der Waals surface area (Å²) < 4.78 is 13.4. The van der Waals surface area contributed by atoms with Crippen LogP contribution in [-0.4, -0.2) is 20.4 Å². The molecule has 5 aromatic rings. The first-order valence-corrected chi connectivity index (χ1v) is 11.9. The molecule has 0 bridgehead atoms. The summed E-state index contributed by atoms with van der Waals surface area (Å²) in [7, 11) is 0. The molecular formula is C26H16Br2N4O2. The predicted octanol–water partition coefficient (Wildman–Crippen LogP) is 7.65. The van der Waals surface area contributed by atoms with Gasteiger partial charge < -0.3 is 8.83 Å². The van der Waals surface area contributed by atoms with Gasteiger partial charge in [0, 0.05) is 32.2 Å². The summed E-state index contributed by atoms with van der Waals surface area (Å²) in [6, 6.07) is 23.4. The van der Waals surface area contributed by atoms with Crippen molar-refractivity contribution in [3.8, 4) is 22.9 Å². The van der Waals surface area contributed by atoms with Crippen molar-refractivity contribution in [2.24, 2.45) is 0 Å². The molecular weight excluding hydrogens is 560 g/mol. The minimum atomic E-state index is 0.444. The molecule has 0 amide bonds. The van der Waals surface area contributed by atoms with Crippen LogP contribution >= 0.6 is 31.9 Å². The lowest BCUT2D eigenvalue weighted by molar-refractivity contribution is 0.557. The van der Waals surface area contributed by atoms with Crippen molar-refractivity contribution >= 4 is 56.2 Å². The minimum absolute atomic E-state index is 0.444. The van der Waals surface area contributed by atoms with E-state index in [0.29, 0.717) is 23.6 Å². The Morgan fingerprint density at radius 2 is 0.853 bits per heavy atom. The first-order chi connectivity index (χ1) is 16.6. The third-order valence-electron chi connectivity index (χ3n) is 4.84. The predicted molar refractivity (Wildman–Crippen MR) is 139 cm³/mol. The van der Waals surface area contributed by atoms with Crippen LogP contribution in [0.3, 0.4) is 0 Å². The van der Waals surface area contributed by atoms with E-state index in [1.807, 2.05) is 84.9 Å². The first-order valence-electron chi connectivity index (χ1n) is 10.3. The molecule has 2 heterocycles. The van der Waals surface area contributed by atoms with Crippen LogP contribution in [0.2, 0.25) is 0 Å². The Kier molecular flexibility index (Phi) is 6.60. The van der Waals surface area contributed by atoms with Crippen molar-refractivity contribution in [1.82, 2.24) is 20.4 Å². The van der Waals surface area contributed by atoms with Crippen molar-refractivity contribution in [3.05, 3.63) is 105 Å². The van der Waals surface area contributed by atoms with Gasteiger partial charge in [0.2, 0.25) is 23.6 Å². The molecule has 0 N–H and O–H groups in total. The highest BCUT2D eigenvalue weighted by Crippen LogP contribution is 2.22. The van der Waals surface area contributed by atoms with Crippen molar-refractivity contribution < 1.29 is 8.83 Å². The highest BCUT2D eigenvalue weighted by atomic mass is 79.9. The van der Waals surface area contributed by atoms with Crippen LogP contribution in [0.25, 0.3) is 47.2 Å². The Hall–Kier alpha value is -3.62. The summed E-state index contributed by atoms with van der Waals surface area (Å²) in [4.78, 5) is 0. The number of benzene rings is 3. The molecule has 6 nitrogen and oxygen atoms in total. The van der Waals surface area contributed by atoms with Gasteiger partial charge in [-0.15, -0.1) is 20.4 Å². The second kappa shape index (κ2) is 10.1. The minimum Gasteiger partial charge on any atom is -0.417 e. The lowest BCUT2D eigenvalue weighted by atomic mass is 10.1. The Morgan fingerprint density at radius 1 is 0.471 bits per heavy atom. The van der Waals surface area contributed by atoms with Gasteiger partial charge in [0.15, 0.2) is 0 Å². The summed E-state index contributed by atoms with van der Waals surface area (Å²) >= 11 is 6.84. The average Bonchev–Trinajstić information content (AvgIpc) is 3.53. The molecule has 166 valence electrons. The van der Waals surface area contributed by atoms with Crippen molar-refractivity contribution in [2.75, 3.05) is 0 Å². The normalized spacial score (nSPS) is 11.6. The molecule has 3 aromatic carbocycles. The Morgan fingerprint density at radius 3 is 1.24 bits per heavy atom. The van der Waals surface area contributed by atoms with Crippen LogP contribution < -0.4 is 0 Å². The second-order valence-corrected chi connectivity index (χ2v) is 9.07. The zero-order chi connectivity index (χ0) is 23.3. The molecule has 0 saturated heterocycles. The SMILES string of the molecule is Brc1ccc(-c2nnc(/C=C/c3ccc(/C=C/c4nnc(-c5ccc(Br)cc5)o4)cc3)o2)cc1. The van der Waals surface area contributed by atoms with Crippen LogP contribution in [0.4, 0.5) is 0 Å². The molecule has 2 aromatic heterocycles. The number of aromatic nitrogens is 4. The van der Waals surface area contributed by atoms with E-state index < -0.39 is 0 Å². The van der Waals surface area contributed by atoms with E-state index in [4.69, 9.17) is 8.83 Å². The Labute approximate surface area is 212 Å². The van der Waals surface area contributed by atoms with Crippen molar-refractivity contribution in [1.29, 1.82) is 0 Å². The van der Waals surface area contributed by atoms with Gasteiger partial charge in [0.25, 0.3) is 0 Å². The van der Waals surface area contributed by atoms with Gasteiger partial charge in [-0.05, 0) is 71.8 Å². The number of nitrogens with zero attached hydrogens (tertiary/aromatic N) is 4. The third kappa shape index (κ3) is 5.47. The maximum absolute atomic E-state index is 5.72. The van der Waals surface area contributed by atoms with E-state index >= 15 is 0 Å². The number of hydrogen-bond donors (Lipinski definition) is 0. The zero-order valence-electron chi connectivity index (χ0n) is 17.6. The van der Waals surface area contributed by atoms with Gasteiger partial charge in [-0.1, -0.05) is 56.1 Å². The molecule has 0 atom stereocenters. The molecule has 0 fully saturated rings. The summed E-state index contributed by atoms with van der Waals surface area (Å²) in [5.74, 6) is 1.86. The van der Waals surface area contributed by atoms with E-state index in [1.54, 1.807) is 12.2 Å². The van der Waals surface area contributed by atoms with Gasteiger partial charge in [-0.25, -0.2) is 0 Å². The third-order valence-corrected chi connectivity index (χ3v) is 5.89.